The number of carbonyl (C=O) groups excluding carboxylic acids is 6. The van der Waals surface area contributed by atoms with Gasteiger partial charge in [-0.2, -0.15) is 0 Å². The number of nitrogens with two attached hydrogens (primary N) is 1. The van der Waals surface area contributed by atoms with Crippen LogP contribution in [0, 0.1) is 34.0 Å². The Hall–Kier alpha value is -8.94. The molecule has 0 aromatic heterocycles. The van der Waals surface area contributed by atoms with Crippen molar-refractivity contribution in [2.24, 2.45) is 39.7 Å². The summed E-state index contributed by atoms with van der Waals surface area (Å²) < 4.78 is 44.0. The molecule has 7 aromatic rings. The van der Waals surface area contributed by atoms with Crippen molar-refractivity contribution in [2.75, 3.05) is 21.3 Å². The summed E-state index contributed by atoms with van der Waals surface area (Å²) in [6, 6.07) is 59.7. The summed E-state index contributed by atoms with van der Waals surface area (Å²) in [6.07, 6.45) is 2.44. The van der Waals surface area contributed by atoms with Crippen molar-refractivity contribution in [2.45, 2.75) is 111 Å². The molecular formula is C74H84BBrNO16. The number of hydrogen-bond acceptors (Lipinski definition) is 15. The van der Waals surface area contributed by atoms with E-state index < -0.39 is 57.1 Å². The third kappa shape index (κ3) is 21.8. The summed E-state index contributed by atoms with van der Waals surface area (Å²) in [5, 5.41) is 9.55. The molecule has 3 unspecified atom stereocenters. The highest BCUT2D eigenvalue weighted by Gasteiger charge is 2.67. The molecule has 93 heavy (non-hydrogen) atoms. The van der Waals surface area contributed by atoms with E-state index in [9.17, 15) is 33.9 Å². The number of methoxy groups -OCH3 is 3. The van der Waals surface area contributed by atoms with Crippen LogP contribution in [0.3, 0.4) is 0 Å². The van der Waals surface area contributed by atoms with Gasteiger partial charge >= 0.3 is 29.8 Å². The van der Waals surface area contributed by atoms with Gasteiger partial charge in [-0.05, 0) is 168 Å². The topological polar surface area (TPSA) is 254 Å². The molecule has 1 amide bonds. The average molecular weight is 1330 g/mol. The van der Waals surface area contributed by atoms with E-state index in [1.807, 2.05) is 178 Å². The van der Waals surface area contributed by atoms with Gasteiger partial charge in [-0.1, -0.05) is 149 Å². The predicted molar refractivity (Wildman–Crippen MR) is 356 cm³/mol. The third-order valence-electron chi connectivity index (χ3n) is 15.5. The second-order valence-corrected chi connectivity index (χ2v) is 25.9. The number of carbonyl (C=O) groups is 6. The van der Waals surface area contributed by atoms with Gasteiger partial charge in [0.05, 0.1) is 55.3 Å². The Morgan fingerprint density at radius 3 is 1.05 bits per heavy atom. The summed E-state index contributed by atoms with van der Waals surface area (Å²) in [4.78, 5) is 73.1. The first-order valence-electron chi connectivity index (χ1n) is 30.0. The van der Waals surface area contributed by atoms with Crippen molar-refractivity contribution < 1.29 is 77.2 Å². The van der Waals surface area contributed by atoms with Crippen molar-refractivity contribution in [3.63, 3.8) is 0 Å². The normalized spacial score (nSPS) is 19.4. The molecule has 17 nitrogen and oxygen atoms in total. The number of benzene rings is 7. The van der Waals surface area contributed by atoms with Crippen molar-refractivity contribution in [1.29, 1.82) is 0 Å². The number of amides is 1. The van der Waals surface area contributed by atoms with E-state index in [1.165, 1.54) is 26.9 Å². The molecule has 3 saturated carbocycles. The first-order chi connectivity index (χ1) is 43.3. The Morgan fingerprint density at radius 2 is 0.742 bits per heavy atom. The van der Waals surface area contributed by atoms with Crippen molar-refractivity contribution in [3.05, 3.63) is 226 Å². The maximum Gasteiger partial charge on any atom is 0.313 e. The van der Waals surface area contributed by atoms with E-state index in [0.29, 0.717) is 58.3 Å². The lowest BCUT2D eigenvalue weighted by Gasteiger charge is -2.21. The Bertz CT molecular complexity index is 3600. The van der Waals surface area contributed by atoms with Crippen molar-refractivity contribution in [3.8, 4) is 23.0 Å². The number of ether oxygens (including phenoxy) is 8. The summed E-state index contributed by atoms with van der Waals surface area (Å²) in [5.74, 6) is -1.33. The predicted octanol–water partition coefficient (Wildman–Crippen LogP) is 12.1. The number of primary amides is 1. The van der Waals surface area contributed by atoms with Gasteiger partial charge in [-0.3, -0.25) is 28.8 Å². The van der Waals surface area contributed by atoms with Gasteiger partial charge in [0.25, 0.3) is 0 Å². The van der Waals surface area contributed by atoms with Crippen LogP contribution in [-0.2, 0) is 91.5 Å². The Balaban J connectivity index is 0.000000228. The quantitative estimate of drug-likeness (QED) is 0.0385. The number of halogens is 1. The molecule has 7 aromatic carbocycles. The summed E-state index contributed by atoms with van der Waals surface area (Å²) in [5.41, 5.74) is 7.59. The molecular weight excluding hydrogens is 1250 g/mol. The minimum atomic E-state index is -0.884. The second kappa shape index (κ2) is 33.6. The molecule has 0 saturated heterocycles. The summed E-state index contributed by atoms with van der Waals surface area (Å²) in [7, 11) is 4.00. The standard InChI is InChI=1S/C24H28O5.C20H21NO4.C17H22O5.C13H11BrO.B.H2O/c1-23(2,3)29-21(25)20-15-24(20,22(26)27-4)14-18-11-8-12-19(13-18)28-16-17-9-6-5-7-10-17;1-24-19(23)20(12-17(20)18(21)22)11-15-8-5-9-16(10-15)25-13-14-6-3-2-4-7-14;1-16(2,3)22-14(19)13-10-17(13,15(20)21-4)9-11-6-5-7-12(18)8-11;14-12-7-4-8-13(9-12)15-10-11-5-2-1-3-6-11;;/h5-13,20H,14-16H2,1-4H3;2-10,17H,11-13H2,1H3,(H2,21,22);5-8,13,18H,9-10H2,1-4H3;1-9H,10H2;;1H2/t20?,24-;17?,20-;13?,17-;;;/m000.../s1. The molecule has 3 aliphatic rings. The van der Waals surface area contributed by atoms with Crippen LogP contribution in [0.5, 0.6) is 23.0 Å². The van der Waals surface area contributed by atoms with E-state index in [2.05, 4.69) is 28.1 Å². The Kier molecular flexibility index (Phi) is 27.0. The molecule has 3 radical (unpaired) electrons. The molecule has 0 aliphatic heterocycles. The maximum atomic E-state index is 12.5. The zero-order valence-electron chi connectivity index (χ0n) is 54.2. The molecule has 10 rings (SSSR count). The first-order valence-corrected chi connectivity index (χ1v) is 30.8. The van der Waals surface area contributed by atoms with E-state index in [0.717, 1.165) is 49.5 Å². The number of esters is 5. The molecule has 491 valence electrons. The minimum Gasteiger partial charge on any atom is -0.508 e. The largest absolute Gasteiger partial charge is 0.508 e. The number of rotatable bonds is 21. The zero-order valence-corrected chi connectivity index (χ0v) is 55.8. The number of aromatic hydroxyl groups is 1. The highest BCUT2D eigenvalue weighted by Crippen LogP contribution is 2.58. The van der Waals surface area contributed by atoms with E-state index in [-0.39, 0.29) is 43.5 Å². The van der Waals surface area contributed by atoms with Gasteiger partial charge in [0, 0.05) is 12.9 Å². The van der Waals surface area contributed by atoms with Crippen LogP contribution in [0.25, 0.3) is 0 Å². The van der Waals surface area contributed by atoms with Gasteiger partial charge < -0.3 is 54.2 Å². The number of hydrogen-bond donors (Lipinski definition) is 2. The molecule has 3 fully saturated rings. The van der Waals surface area contributed by atoms with Crippen LogP contribution in [0.1, 0.15) is 94.2 Å². The lowest BCUT2D eigenvalue weighted by molar-refractivity contribution is -0.161. The monoisotopic (exact) mass is 1330 g/mol. The lowest BCUT2D eigenvalue weighted by Crippen LogP contribution is -2.30. The first kappa shape index (κ1) is 74.8. The number of phenols is 1. The van der Waals surface area contributed by atoms with Crippen LogP contribution in [0.4, 0.5) is 0 Å². The lowest BCUT2D eigenvalue weighted by atomic mass is 9.93. The second-order valence-electron chi connectivity index (χ2n) is 25.0. The molecule has 19 heteroatoms. The molecule has 0 heterocycles. The van der Waals surface area contributed by atoms with Crippen molar-refractivity contribution in [1.82, 2.24) is 0 Å². The van der Waals surface area contributed by atoms with Crippen LogP contribution >= 0.6 is 15.9 Å². The highest BCUT2D eigenvalue weighted by molar-refractivity contribution is 9.10. The molecule has 3 aliphatic carbocycles. The zero-order chi connectivity index (χ0) is 66.0. The highest BCUT2D eigenvalue weighted by atomic mass is 79.9. The van der Waals surface area contributed by atoms with Crippen LogP contribution in [-0.4, -0.2) is 87.3 Å². The Labute approximate surface area is 555 Å². The maximum absolute atomic E-state index is 12.5. The van der Waals surface area contributed by atoms with Gasteiger partial charge in [0.2, 0.25) is 5.91 Å². The molecule has 6 atom stereocenters. The fourth-order valence-corrected chi connectivity index (χ4v) is 11.1. The smallest absolute Gasteiger partial charge is 0.313 e. The third-order valence-corrected chi connectivity index (χ3v) is 16.0. The molecule has 0 bridgehead atoms. The van der Waals surface area contributed by atoms with Gasteiger partial charge in [-0.25, -0.2) is 0 Å². The van der Waals surface area contributed by atoms with Gasteiger partial charge in [-0.15, -0.1) is 0 Å². The molecule has 0 spiro atoms. The minimum absolute atomic E-state index is 0. The van der Waals surface area contributed by atoms with E-state index in [4.69, 9.17) is 43.6 Å². The SMILES string of the molecule is Brc1cccc(OCc2ccccc2)c1.COC(=O)[C@@]1(Cc2cccc(O)c2)CC1C(=O)OC(C)(C)C.COC(=O)[C@@]1(Cc2cccc(OCc3ccccc3)c2)CC1C(=O)OC(C)(C)C.COC(=O)[C@@]1(Cc2cccc(OCc3ccccc3)c2)CC1C(N)=O.O.[B]. The van der Waals surface area contributed by atoms with Gasteiger partial charge in [0.1, 0.15) is 54.0 Å². The number of phenolic OH excluding ortho intramolecular Hbond substituents is 1. The van der Waals surface area contributed by atoms with Crippen LogP contribution < -0.4 is 19.9 Å². The summed E-state index contributed by atoms with van der Waals surface area (Å²) in [6.45, 7) is 12.4. The van der Waals surface area contributed by atoms with Crippen LogP contribution in [0.15, 0.2) is 193 Å². The fourth-order valence-electron chi connectivity index (χ4n) is 10.8. The van der Waals surface area contributed by atoms with Gasteiger partial charge in [0.15, 0.2) is 0 Å². The van der Waals surface area contributed by atoms with E-state index >= 15 is 0 Å². The van der Waals surface area contributed by atoms with Crippen molar-refractivity contribution >= 4 is 60.1 Å². The van der Waals surface area contributed by atoms with E-state index in [1.54, 1.807) is 39.0 Å². The average Bonchev–Trinajstić information content (AvgIpc) is 1.63. The van der Waals surface area contributed by atoms with Crippen LogP contribution in [0.2, 0.25) is 0 Å². The fraction of sp³-hybridized carbons (Fsp3) is 0.351. The Morgan fingerprint density at radius 1 is 0.441 bits per heavy atom. The molecule has 5 N–H and O–H groups in total. The summed E-state index contributed by atoms with van der Waals surface area (Å²) >= 11 is 3.41.